The number of carbonyl (C=O) groups excluding carboxylic acids is 1. The average Bonchev–Trinajstić information content (AvgIpc) is 2.37. The van der Waals surface area contributed by atoms with E-state index in [1.165, 1.54) is 12.8 Å². The van der Waals surface area contributed by atoms with Crippen LogP contribution in [0.3, 0.4) is 0 Å². The van der Waals surface area contributed by atoms with Gasteiger partial charge >= 0.3 is 0 Å². The van der Waals surface area contributed by atoms with Gasteiger partial charge in [0.2, 0.25) is 5.91 Å². The summed E-state index contributed by atoms with van der Waals surface area (Å²) in [6.07, 6.45) is 4.35. The first-order valence-corrected chi connectivity index (χ1v) is 4.74. The molecule has 0 spiro atoms. The van der Waals surface area contributed by atoms with Gasteiger partial charge in [0.05, 0.1) is 5.41 Å². The quantitative estimate of drug-likeness (QED) is 0.589. The molecule has 0 aromatic rings. The highest BCUT2D eigenvalue weighted by molar-refractivity contribution is 5.81. The van der Waals surface area contributed by atoms with Crippen molar-refractivity contribution in [1.82, 2.24) is 5.32 Å². The van der Waals surface area contributed by atoms with Gasteiger partial charge in [0.1, 0.15) is 0 Å². The molecule has 3 fully saturated rings. The van der Waals surface area contributed by atoms with E-state index in [9.17, 15) is 4.79 Å². The minimum atomic E-state index is -0.201. The predicted molar refractivity (Wildman–Crippen MR) is 46.5 cm³/mol. The lowest BCUT2D eigenvalue weighted by Gasteiger charge is -2.32. The van der Waals surface area contributed by atoms with Gasteiger partial charge < -0.3 is 11.1 Å². The number of nitrogens with one attached hydrogen (secondary N) is 1. The predicted octanol–water partition coefficient (Wildman–Crippen LogP) is 0.251. The highest BCUT2D eigenvalue weighted by Gasteiger charge is 2.42. The lowest BCUT2D eigenvalue weighted by molar-refractivity contribution is -0.129. The van der Waals surface area contributed by atoms with E-state index in [0.29, 0.717) is 0 Å². The van der Waals surface area contributed by atoms with Crippen molar-refractivity contribution in [2.75, 3.05) is 13.1 Å². The third-order valence-corrected chi connectivity index (χ3v) is 3.48. The number of nitrogens with two attached hydrogens (primary N) is 1. The monoisotopic (exact) mass is 168 g/mol. The SMILES string of the molecule is NC(=O)C12CCC(CC1)CNC2. The van der Waals surface area contributed by atoms with Crippen LogP contribution in [-0.4, -0.2) is 19.0 Å². The van der Waals surface area contributed by atoms with Gasteiger partial charge in [0.15, 0.2) is 0 Å². The molecule has 0 atom stereocenters. The maximum atomic E-state index is 11.3. The van der Waals surface area contributed by atoms with Gasteiger partial charge in [-0.1, -0.05) is 0 Å². The molecule has 68 valence electrons. The van der Waals surface area contributed by atoms with Gasteiger partial charge in [0.25, 0.3) is 0 Å². The molecule has 2 bridgehead atoms. The average molecular weight is 168 g/mol. The Morgan fingerprint density at radius 2 is 2.08 bits per heavy atom. The van der Waals surface area contributed by atoms with Crippen LogP contribution in [-0.2, 0) is 4.79 Å². The van der Waals surface area contributed by atoms with Crippen molar-refractivity contribution < 1.29 is 4.79 Å². The van der Waals surface area contributed by atoms with Crippen molar-refractivity contribution in [3.05, 3.63) is 0 Å². The minimum Gasteiger partial charge on any atom is -0.369 e. The Morgan fingerprint density at radius 1 is 1.42 bits per heavy atom. The largest absolute Gasteiger partial charge is 0.369 e. The van der Waals surface area contributed by atoms with Crippen LogP contribution >= 0.6 is 0 Å². The molecular weight excluding hydrogens is 152 g/mol. The molecular formula is C9H16N2O. The Bertz CT molecular complexity index is 189. The Hall–Kier alpha value is -0.570. The molecule has 1 aliphatic carbocycles. The third kappa shape index (κ3) is 1.12. The molecule has 3 aliphatic rings. The summed E-state index contributed by atoms with van der Waals surface area (Å²) in [6.45, 7) is 1.88. The molecule has 2 aliphatic heterocycles. The van der Waals surface area contributed by atoms with Crippen molar-refractivity contribution in [1.29, 1.82) is 0 Å². The highest BCUT2D eigenvalue weighted by atomic mass is 16.1. The zero-order chi connectivity index (χ0) is 8.60. The van der Waals surface area contributed by atoms with E-state index in [1.807, 2.05) is 0 Å². The summed E-state index contributed by atoms with van der Waals surface area (Å²) in [5, 5.41) is 3.33. The molecule has 1 amide bonds. The van der Waals surface area contributed by atoms with Gasteiger partial charge in [-0.3, -0.25) is 4.79 Å². The summed E-state index contributed by atoms with van der Waals surface area (Å²) in [7, 11) is 0. The fraction of sp³-hybridized carbons (Fsp3) is 0.889. The Labute approximate surface area is 72.7 Å². The van der Waals surface area contributed by atoms with Crippen LogP contribution in [0.5, 0.6) is 0 Å². The second-order valence-electron chi connectivity index (χ2n) is 4.22. The van der Waals surface area contributed by atoms with Crippen LogP contribution < -0.4 is 11.1 Å². The zero-order valence-electron chi connectivity index (χ0n) is 7.31. The maximum Gasteiger partial charge on any atom is 0.224 e. The molecule has 3 heteroatoms. The van der Waals surface area contributed by atoms with E-state index in [2.05, 4.69) is 5.32 Å². The number of carbonyl (C=O) groups is 1. The topological polar surface area (TPSA) is 55.1 Å². The number of fused-ring (bicyclic) bond motifs is 4. The van der Waals surface area contributed by atoms with Crippen LogP contribution in [0.4, 0.5) is 0 Å². The van der Waals surface area contributed by atoms with E-state index in [0.717, 1.165) is 31.8 Å². The van der Waals surface area contributed by atoms with Gasteiger partial charge in [-0.05, 0) is 38.1 Å². The molecule has 3 N–H and O–H groups in total. The normalized spacial score (nSPS) is 40.8. The number of hydrogen-bond donors (Lipinski definition) is 2. The van der Waals surface area contributed by atoms with Crippen molar-refractivity contribution in [3.8, 4) is 0 Å². The molecule has 1 saturated carbocycles. The summed E-state index contributed by atoms with van der Waals surface area (Å²) >= 11 is 0. The first-order chi connectivity index (χ1) is 5.73. The second-order valence-corrected chi connectivity index (χ2v) is 4.22. The fourth-order valence-corrected chi connectivity index (χ4v) is 2.46. The number of rotatable bonds is 1. The second kappa shape index (κ2) is 2.73. The van der Waals surface area contributed by atoms with Crippen molar-refractivity contribution >= 4 is 5.91 Å². The van der Waals surface area contributed by atoms with Crippen molar-refractivity contribution in [3.63, 3.8) is 0 Å². The van der Waals surface area contributed by atoms with Crippen molar-refractivity contribution in [2.45, 2.75) is 25.7 Å². The lowest BCUT2D eigenvalue weighted by atomic mass is 9.71. The Kier molecular flexibility index (Phi) is 1.83. The fourth-order valence-electron chi connectivity index (χ4n) is 2.46. The van der Waals surface area contributed by atoms with E-state index in [1.54, 1.807) is 0 Å². The first kappa shape index (κ1) is 8.05. The smallest absolute Gasteiger partial charge is 0.224 e. The van der Waals surface area contributed by atoms with Crippen LogP contribution in [0, 0.1) is 11.3 Å². The number of hydrogen-bond acceptors (Lipinski definition) is 2. The minimum absolute atomic E-state index is 0.102. The number of amides is 1. The van der Waals surface area contributed by atoms with Crippen molar-refractivity contribution in [2.24, 2.45) is 17.1 Å². The first-order valence-electron chi connectivity index (χ1n) is 4.74. The maximum absolute atomic E-state index is 11.3. The summed E-state index contributed by atoms with van der Waals surface area (Å²) in [4.78, 5) is 11.3. The standard InChI is InChI=1S/C9H16N2O/c10-8(12)9-3-1-7(2-4-9)5-11-6-9/h7,11H,1-6H2,(H2,10,12). The third-order valence-electron chi connectivity index (χ3n) is 3.48. The van der Waals surface area contributed by atoms with Gasteiger partial charge in [0, 0.05) is 6.54 Å². The molecule has 2 saturated heterocycles. The van der Waals surface area contributed by atoms with Crippen LogP contribution in [0.2, 0.25) is 0 Å². The molecule has 12 heavy (non-hydrogen) atoms. The summed E-state index contributed by atoms with van der Waals surface area (Å²) in [5.41, 5.74) is 5.23. The molecule has 0 aromatic heterocycles. The summed E-state index contributed by atoms with van der Waals surface area (Å²) in [6, 6.07) is 0. The van der Waals surface area contributed by atoms with Gasteiger partial charge in [-0.15, -0.1) is 0 Å². The molecule has 0 radical (unpaired) electrons. The van der Waals surface area contributed by atoms with Crippen LogP contribution in [0.25, 0.3) is 0 Å². The summed E-state index contributed by atoms with van der Waals surface area (Å²) in [5.74, 6) is 0.690. The van der Waals surface area contributed by atoms with E-state index >= 15 is 0 Å². The van der Waals surface area contributed by atoms with E-state index in [-0.39, 0.29) is 11.3 Å². The zero-order valence-corrected chi connectivity index (χ0v) is 7.31. The molecule has 2 heterocycles. The molecule has 0 aromatic carbocycles. The molecule has 3 nitrogen and oxygen atoms in total. The van der Waals surface area contributed by atoms with Crippen LogP contribution in [0.15, 0.2) is 0 Å². The molecule has 3 rings (SSSR count). The highest BCUT2D eigenvalue weighted by Crippen LogP contribution is 2.40. The van der Waals surface area contributed by atoms with Crippen LogP contribution in [0.1, 0.15) is 25.7 Å². The van der Waals surface area contributed by atoms with E-state index < -0.39 is 0 Å². The Morgan fingerprint density at radius 3 is 2.67 bits per heavy atom. The lowest BCUT2D eigenvalue weighted by Crippen LogP contribution is -2.43. The van der Waals surface area contributed by atoms with Gasteiger partial charge in [-0.2, -0.15) is 0 Å². The van der Waals surface area contributed by atoms with Gasteiger partial charge in [-0.25, -0.2) is 0 Å². The van der Waals surface area contributed by atoms with E-state index in [4.69, 9.17) is 5.73 Å². The molecule has 0 unspecified atom stereocenters. The number of primary amides is 1. The summed E-state index contributed by atoms with van der Waals surface area (Å²) < 4.78 is 0. The Balaban J connectivity index is 2.19.